The molecule has 20 rings (SSSR count). The van der Waals surface area contributed by atoms with Gasteiger partial charge in [-0.05, 0) is 210 Å². The first kappa shape index (κ1) is 92.7. The van der Waals surface area contributed by atoms with E-state index < -0.39 is 39.4 Å². The van der Waals surface area contributed by atoms with Gasteiger partial charge in [0, 0.05) is 66.8 Å². The highest BCUT2D eigenvalue weighted by atomic mass is 35.5. The lowest BCUT2D eigenvalue weighted by atomic mass is 9.66. The van der Waals surface area contributed by atoms with Gasteiger partial charge in [0.1, 0.15) is 23.0 Å². The van der Waals surface area contributed by atoms with Gasteiger partial charge in [0.25, 0.3) is 11.8 Å². The number of likely N-dealkylation sites (N-methyl/N-ethyl adjacent to an activating group) is 2. The molecule has 2 unspecified atom stereocenters. The molecule has 134 heavy (non-hydrogen) atoms. The number of carbonyl (C=O) groups excluding carboxylic acids is 6. The Balaban J connectivity index is 0.000000123. The molecule has 3 aliphatic carbocycles. The lowest BCUT2D eigenvalue weighted by molar-refractivity contribution is -0.138. The molecule has 1 saturated heterocycles. The maximum atomic E-state index is 15.2. The summed E-state index contributed by atoms with van der Waals surface area (Å²) in [5.74, 6) is 0.431. The van der Waals surface area contributed by atoms with Gasteiger partial charge in [-0.15, -0.1) is 22.7 Å². The van der Waals surface area contributed by atoms with E-state index in [0.717, 1.165) is 116 Å². The molecular formula is C105H101ClF2N18O6S2. The number of nitrogens with two attached hydrogens (primary N) is 4. The Morgan fingerprint density at radius 2 is 1.11 bits per heavy atom. The van der Waals surface area contributed by atoms with Crippen LogP contribution in [0.5, 0.6) is 0 Å². The molecule has 3 aromatic heterocycles. The van der Waals surface area contributed by atoms with Crippen molar-refractivity contribution in [1.29, 1.82) is 10.5 Å². The van der Waals surface area contributed by atoms with Gasteiger partial charge in [-0.1, -0.05) is 213 Å². The SMILES string of the molecule is CN1C(=O)C(CC2CC2)(c2cccc(-c3cccc(Cl)c3)c2)N=C1N.CN1C(=O)C(c2ccc(C3CC3)cc2)[C@@](C)(c2cc(-c3cccc(C#N)c3)c(F)s2)N=C1N.CN1C(=O)C[C@@](C)(c2cnn(-c3ccccc3)c2)N=C1N.CN1C(=O)[C@H](C2CCC2)[C@@](C)(c2cc(-c3ccc(F)c(C#N)c3)cs2)N=C1N.O=C1NC(c2ccccc2)(c2ccccc2)C(=O)N1CCc1ccccc1. The first-order valence-electron chi connectivity index (χ1n) is 44.3. The number of urea groups is 1. The average molecular weight is 1850 g/mol. The fourth-order valence-corrected chi connectivity index (χ4v) is 20.4. The van der Waals surface area contributed by atoms with Crippen molar-refractivity contribution >= 4 is 93.7 Å². The number of benzene rings is 9. The van der Waals surface area contributed by atoms with Crippen molar-refractivity contribution in [3.8, 4) is 51.2 Å². The molecule has 9 aromatic carbocycles. The number of nitrogens with zero attached hydrogens (tertiary/aromatic N) is 13. The van der Waals surface area contributed by atoms with Gasteiger partial charge in [-0.3, -0.25) is 48.5 Å². The third kappa shape index (κ3) is 18.6. The van der Waals surface area contributed by atoms with Crippen LogP contribution in [0.15, 0.2) is 286 Å². The summed E-state index contributed by atoms with van der Waals surface area (Å²) >= 11 is 8.61. The molecule has 9 N–H and O–H groups in total. The minimum absolute atomic E-state index is 0.0144. The second-order valence-electron chi connectivity index (χ2n) is 35.5. The summed E-state index contributed by atoms with van der Waals surface area (Å²) < 4.78 is 30.6. The van der Waals surface area contributed by atoms with E-state index in [1.165, 1.54) is 60.3 Å². The third-order valence-electron chi connectivity index (χ3n) is 26.5. The van der Waals surface area contributed by atoms with Gasteiger partial charge in [-0.25, -0.2) is 33.8 Å². The van der Waals surface area contributed by atoms with E-state index in [0.29, 0.717) is 63.3 Å². The summed E-state index contributed by atoms with van der Waals surface area (Å²) in [5, 5.41) is 27.9. The van der Waals surface area contributed by atoms with Crippen molar-refractivity contribution in [2.24, 2.45) is 60.7 Å². The van der Waals surface area contributed by atoms with Crippen LogP contribution in [0, 0.1) is 51.4 Å². The Labute approximate surface area is 789 Å². The standard InChI is InChI=1S/C26H23FN4OS.C23H20N2O2.C21H21FN4OS.C20H20ClN3O.C15H17N5O/c1-26(21-13-20(23(27)33-21)19-5-3-4-15(12-19)14-28)22(24(32)31(2)25(29)30-26)18-10-8-17(9-11-18)16-6-7-16;26-21-23(19-12-6-2-7-13-19,20-14-8-3-9-15-20)24-22(27)25(21)17-16-18-10-4-1-5-11-18;1-21(18(12-4-3-5-12)19(27)26(2)20(24)25-21)17-9-15(11-28-17)13-6-7-16(22)14(8-13)10-23;1-24-18(25)20(23-19(24)22,12-13-8-9-13)16-6-2-4-14(10-16)15-5-3-7-17(21)11-15;1-15(8-13(21)19(2)14(16)18-15)11-9-17-20(10-11)12-6-4-3-5-7-12/h3-5,8-13,16,22H,6-7H2,1-2H3,(H2,29,30);1-15H,16-17H2,(H,24,27);6-9,11-12,18H,3-5H2,1-2H3,(H2,24,25);2-7,10-11,13H,8-9,12H2,1H3,(H2,22,23);3-7,9-10H,8H2,1-2H3,(H2,16,18)/t22?,26-;;18-,21+;;15-/m1.0.0/s1. The highest BCUT2D eigenvalue weighted by Crippen LogP contribution is 2.53. The van der Waals surface area contributed by atoms with Gasteiger partial charge in [0.05, 0.1) is 52.9 Å². The largest absolute Gasteiger partial charge is 0.369 e. The minimum Gasteiger partial charge on any atom is -0.369 e. The number of hydrogen-bond donors (Lipinski definition) is 5. The number of nitrogens with one attached hydrogen (secondary N) is 1. The molecule has 29 heteroatoms. The van der Waals surface area contributed by atoms with Crippen LogP contribution in [-0.4, -0.2) is 128 Å². The second-order valence-corrected chi connectivity index (χ2v) is 37.8. The van der Waals surface area contributed by atoms with Crippen LogP contribution in [0.25, 0.3) is 39.1 Å². The van der Waals surface area contributed by atoms with Crippen LogP contribution >= 0.6 is 34.3 Å². The number of para-hydroxylation sites is 1. The molecule has 12 aromatic rings. The van der Waals surface area contributed by atoms with Gasteiger partial charge in [-0.2, -0.15) is 20.0 Å². The number of carbonyl (C=O) groups is 6. The molecule has 4 fully saturated rings. The predicted molar refractivity (Wildman–Crippen MR) is 519 cm³/mol. The lowest BCUT2D eigenvalue weighted by Gasteiger charge is -2.46. The number of aliphatic imine (C=N–C) groups is 4. The quantitative estimate of drug-likeness (QED) is 0.0499. The number of thiophene rings is 2. The fraction of sp³-hybridized carbons (Fsp3) is 0.267. The van der Waals surface area contributed by atoms with E-state index >= 15 is 4.39 Å². The zero-order valence-electron chi connectivity index (χ0n) is 75.1. The van der Waals surface area contributed by atoms with E-state index in [2.05, 4.69) is 38.6 Å². The second kappa shape index (κ2) is 38.3. The van der Waals surface area contributed by atoms with Crippen LogP contribution in [0.1, 0.15) is 150 Å². The Morgan fingerprint density at radius 3 is 1.72 bits per heavy atom. The Hall–Kier alpha value is -14.6. The Morgan fingerprint density at radius 1 is 0.530 bits per heavy atom. The molecule has 0 spiro atoms. The molecule has 6 atom stereocenters. The van der Waals surface area contributed by atoms with Crippen molar-refractivity contribution in [3.63, 3.8) is 0 Å². The van der Waals surface area contributed by atoms with Crippen LogP contribution in [0.4, 0.5) is 13.6 Å². The summed E-state index contributed by atoms with van der Waals surface area (Å²) in [7, 11) is 6.61. The zero-order valence-corrected chi connectivity index (χ0v) is 77.5. The van der Waals surface area contributed by atoms with E-state index in [4.69, 9.17) is 49.8 Å². The Kier molecular flexibility index (Phi) is 26.5. The highest BCUT2D eigenvalue weighted by Gasteiger charge is 2.56. The Bertz CT molecular complexity index is 6670. The number of guanidine groups is 4. The molecule has 8 aliphatic rings. The van der Waals surface area contributed by atoms with Crippen LogP contribution in [-0.2, 0) is 58.1 Å². The van der Waals surface area contributed by atoms with E-state index in [-0.39, 0.29) is 76.5 Å². The maximum absolute atomic E-state index is 15.2. The predicted octanol–water partition coefficient (Wildman–Crippen LogP) is 17.7. The molecule has 24 nitrogen and oxygen atoms in total. The summed E-state index contributed by atoms with van der Waals surface area (Å²) in [5.41, 5.74) is 32.1. The number of aromatic nitrogens is 2. The van der Waals surface area contributed by atoms with E-state index in [1.54, 1.807) is 81.5 Å². The van der Waals surface area contributed by atoms with E-state index in [9.17, 15) is 38.4 Å². The van der Waals surface area contributed by atoms with Crippen LogP contribution in [0.3, 0.4) is 0 Å². The number of imide groups is 1. The molecule has 7 amide bonds. The van der Waals surface area contributed by atoms with Gasteiger partial charge in [0.15, 0.2) is 40.0 Å². The maximum Gasteiger partial charge on any atom is 0.325 e. The number of halogens is 3. The molecule has 3 saturated carbocycles. The smallest absolute Gasteiger partial charge is 0.325 e. The summed E-state index contributed by atoms with van der Waals surface area (Å²) in [6, 6.07) is 81.0. The van der Waals surface area contributed by atoms with E-state index in [1.807, 2.05) is 226 Å². The van der Waals surface area contributed by atoms with Crippen molar-refractivity contribution in [1.82, 2.24) is 39.6 Å². The van der Waals surface area contributed by atoms with Crippen molar-refractivity contribution < 1.29 is 37.5 Å². The average Bonchev–Trinajstić information content (AvgIpc) is 1.39. The molecule has 5 aliphatic heterocycles. The highest BCUT2D eigenvalue weighted by molar-refractivity contribution is 7.11. The van der Waals surface area contributed by atoms with Gasteiger partial charge < -0.3 is 28.3 Å². The zero-order chi connectivity index (χ0) is 94.7. The normalized spacial score (nSPS) is 21.8. The van der Waals surface area contributed by atoms with Gasteiger partial charge >= 0.3 is 6.03 Å². The van der Waals surface area contributed by atoms with Crippen LogP contribution < -0.4 is 28.3 Å². The third-order valence-corrected chi connectivity index (χ3v) is 29.1. The summed E-state index contributed by atoms with van der Waals surface area (Å²) in [6.07, 6.45) is 13.2. The first-order chi connectivity index (χ1) is 64.4. The molecular weight excluding hydrogens is 1750 g/mol. The van der Waals surface area contributed by atoms with Crippen molar-refractivity contribution in [3.05, 3.63) is 342 Å². The molecule has 8 heterocycles. The fourth-order valence-electron chi connectivity index (χ4n) is 18.2. The lowest BCUT2D eigenvalue weighted by Crippen LogP contribution is -2.56. The number of rotatable bonds is 18. The summed E-state index contributed by atoms with van der Waals surface area (Å²) in [4.78, 5) is 105. The number of amides is 7. The topological polar surface area (TPSA) is 350 Å². The molecule has 680 valence electrons. The first-order valence-corrected chi connectivity index (χ1v) is 46.4. The van der Waals surface area contributed by atoms with Gasteiger partial charge in [0.2, 0.25) is 17.7 Å². The number of hydrogen-bond acceptors (Lipinski definition) is 19. The van der Waals surface area contributed by atoms with Crippen molar-refractivity contribution in [2.45, 2.75) is 125 Å². The number of nitriles is 2. The van der Waals surface area contributed by atoms with Crippen LogP contribution in [0.2, 0.25) is 5.02 Å². The van der Waals surface area contributed by atoms with Crippen molar-refractivity contribution in [2.75, 3.05) is 34.7 Å². The molecule has 0 radical (unpaired) electrons. The summed E-state index contributed by atoms with van der Waals surface area (Å²) in [6.45, 7) is 6.06. The minimum atomic E-state index is -1.18. The molecule has 0 bridgehead atoms. The monoisotopic (exact) mass is 1850 g/mol.